The summed E-state index contributed by atoms with van der Waals surface area (Å²) >= 11 is 0. The van der Waals surface area contributed by atoms with Crippen LogP contribution in [0.25, 0.3) is 0 Å². The largest absolute Gasteiger partial charge is 0.535 e. The van der Waals surface area contributed by atoms with Gasteiger partial charge < -0.3 is 30.4 Å². The summed E-state index contributed by atoms with van der Waals surface area (Å²) < 4.78 is 11.1. The molecular weight excluding hydrogens is 414 g/mol. The Labute approximate surface area is 174 Å². The zero-order valence-electron chi connectivity index (χ0n) is 15.2. The molecule has 0 radical (unpaired) electrons. The van der Waals surface area contributed by atoms with E-state index in [1.807, 2.05) is 4.90 Å². The van der Waals surface area contributed by atoms with E-state index in [1.54, 1.807) is 12.1 Å². The molecule has 2 aliphatic rings. The predicted octanol–water partition coefficient (Wildman–Crippen LogP) is 0.509. The molecule has 2 heterocycles. The first-order valence-corrected chi connectivity index (χ1v) is 8.32. The Morgan fingerprint density at radius 3 is 2.57 bits per heavy atom. The molecule has 0 amide bonds. The highest BCUT2D eigenvalue weighted by molar-refractivity contribution is 6.44. The van der Waals surface area contributed by atoms with Crippen LogP contribution in [0.4, 0.5) is 0 Å². The fourth-order valence-electron chi connectivity index (χ4n) is 3.15. The molecule has 28 heavy (non-hydrogen) atoms. The number of hydrogen-bond donors (Lipinski definition) is 4. The lowest BCUT2D eigenvalue weighted by Gasteiger charge is -2.42. The molecule has 3 rings (SSSR count). The van der Waals surface area contributed by atoms with Gasteiger partial charge in [-0.05, 0) is 31.3 Å². The molecule has 0 saturated carbocycles. The van der Waals surface area contributed by atoms with E-state index in [1.165, 1.54) is 6.92 Å². The number of benzene rings is 1. The number of nitrogens with two attached hydrogens (primary N) is 1. The van der Waals surface area contributed by atoms with Crippen LogP contribution >= 0.6 is 24.8 Å². The molecule has 1 saturated heterocycles. The third kappa shape index (κ3) is 5.01. The highest BCUT2D eigenvalue weighted by Gasteiger charge is 2.38. The highest BCUT2D eigenvalue weighted by atomic mass is 35.5. The van der Waals surface area contributed by atoms with Crippen LogP contribution in [0.5, 0.6) is 11.5 Å². The normalized spacial score (nSPS) is 18.3. The van der Waals surface area contributed by atoms with Crippen molar-refractivity contribution >= 4 is 43.9 Å². The molecule has 12 heteroatoms. The van der Waals surface area contributed by atoms with Crippen molar-refractivity contribution in [3.8, 4) is 11.5 Å². The molecule has 2 aliphatic heterocycles. The van der Waals surface area contributed by atoms with Crippen molar-refractivity contribution in [2.75, 3.05) is 19.6 Å². The number of carboxylic acid groups (broad SMARTS) is 2. The maximum Gasteiger partial charge on any atom is 0.522 e. The molecule has 0 aliphatic carbocycles. The average molecular weight is 437 g/mol. The van der Waals surface area contributed by atoms with E-state index in [-0.39, 0.29) is 54.5 Å². The number of likely N-dealkylation sites (tertiary alicyclic amines) is 1. The summed E-state index contributed by atoms with van der Waals surface area (Å²) in [6, 6.07) is 3.33. The van der Waals surface area contributed by atoms with Crippen molar-refractivity contribution in [2.24, 2.45) is 5.73 Å². The first-order chi connectivity index (χ1) is 12.2. The van der Waals surface area contributed by atoms with E-state index >= 15 is 0 Å². The first-order valence-electron chi connectivity index (χ1n) is 8.32. The summed E-state index contributed by atoms with van der Waals surface area (Å²) in [4.78, 5) is 24.6. The maximum atomic E-state index is 11.7. The van der Waals surface area contributed by atoms with Crippen molar-refractivity contribution < 1.29 is 34.2 Å². The number of fused-ring (bicyclic) bond motifs is 1. The van der Waals surface area contributed by atoms with E-state index in [0.29, 0.717) is 25.8 Å². The van der Waals surface area contributed by atoms with Crippen molar-refractivity contribution in [3.63, 3.8) is 0 Å². The molecule has 1 unspecified atom stereocenters. The lowest BCUT2D eigenvalue weighted by atomic mass is 9.78. The van der Waals surface area contributed by atoms with Crippen LogP contribution in [0, 0.1) is 0 Å². The minimum Gasteiger partial charge on any atom is -0.535 e. The van der Waals surface area contributed by atoms with Gasteiger partial charge in [0.15, 0.2) is 0 Å². The second-order valence-corrected chi connectivity index (χ2v) is 7.00. The zero-order chi connectivity index (χ0) is 19.1. The van der Waals surface area contributed by atoms with Crippen LogP contribution in [0.2, 0.25) is 6.32 Å². The van der Waals surface area contributed by atoms with Crippen LogP contribution in [0.1, 0.15) is 22.8 Å². The second-order valence-electron chi connectivity index (χ2n) is 7.00. The highest BCUT2D eigenvalue weighted by Crippen LogP contribution is 2.37. The fourth-order valence-corrected chi connectivity index (χ4v) is 3.15. The summed E-state index contributed by atoms with van der Waals surface area (Å²) in [6.07, 6.45) is 0.661. The van der Waals surface area contributed by atoms with Crippen LogP contribution in [-0.2, 0) is 11.2 Å². The quantitative estimate of drug-likeness (QED) is 0.469. The third-order valence-corrected chi connectivity index (χ3v) is 4.59. The Kier molecular flexibility index (Phi) is 7.98. The lowest BCUT2D eigenvalue weighted by molar-refractivity contribution is -0.144. The minimum atomic E-state index is -1.35. The molecule has 0 spiro atoms. The first kappa shape index (κ1) is 24.3. The molecule has 1 atom stereocenters. The van der Waals surface area contributed by atoms with E-state index in [2.05, 4.69) is 0 Å². The molecule has 5 N–H and O–H groups in total. The Balaban J connectivity index is 0.00000196. The summed E-state index contributed by atoms with van der Waals surface area (Å²) in [5.74, 6) is -1.96. The summed E-state index contributed by atoms with van der Waals surface area (Å²) in [7, 11) is -1.03. The van der Waals surface area contributed by atoms with Crippen LogP contribution < -0.4 is 15.1 Å². The number of nitrogens with zero attached hydrogens (tertiary/aromatic N) is 1. The van der Waals surface area contributed by atoms with Gasteiger partial charge >= 0.3 is 19.1 Å². The Morgan fingerprint density at radius 2 is 2.00 bits per heavy atom. The van der Waals surface area contributed by atoms with Gasteiger partial charge in [-0.3, -0.25) is 9.69 Å². The predicted molar refractivity (Wildman–Crippen MR) is 106 cm³/mol. The SMILES string of the molecule is CC(N)(CN1CC(Oc2ccc3c(c2C(=O)O)OB(O)CC3)C1)C(=O)O.Cl.Cl. The van der Waals surface area contributed by atoms with Gasteiger partial charge in [0, 0.05) is 19.6 Å². The standard InChI is InChI=1S/C16H21BN2O7.2ClH/c1-16(18,15(22)23)8-19-6-10(7-19)25-11-3-2-9-4-5-17(24)26-13(9)12(11)14(20)21;;/h2-3,10,24H,4-8,18H2,1H3,(H,20,21)(H,22,23);2*1H. The van der Waals surface area contributed by atoms with Crippen molar-refractivity contribution in [2.45, 2.75) is 31.3 Å². The van der Waals surface area contributed by atoms with Crippen LogP contribution in [-0.4, -0.2) is 70.5 Å². The van der Waals surface area contributed by atoms with E-state index in [9.17, 15) is 19.7 Å². The molecule has 1 aromatic carbocycles. The number of aromatic carboxylic acids is 1. The topological polar surface area (TPSA) is 143 Å². The molecule has 156 valence electrons. The van der Waals surface area contributed by atoms with Gasteiger partial charge in [0.2, 0.25) is 0 Å². The molecule has 1 fully saturated rings. The lowest BCUT2D eigenvalue weighted by Crippen LogP contribution is -2.62. The number of carboxylic acids is 2. The summed E-state index contributed by atoms with van der Waals surface area (Å²) in [5, 5.41) is 28.3. The fraction of sp³-hybridized carbons (Fsp3) is 0.500. The number of hydrogen-bond acceptors (Lipinski definition) is 7. The molecule has 0 bridgehead atoms. The Morgan fingerprint density at radius 1 is 1.36 bits per heavy atom. The third-order valence-electron chi connectivity index (χ3n) is 4.59. The van der Waals surface area contributed by atoms with Gasteiger partial charge in [0.1, 0.15) is 28.7 Å². The second kappa shape index (κ2) is 9.19. The van der Waals surface area contributed by atoms with Gasteiger partial charge in [0.25, 0.3) is 0 Å². The Bertz CT molecular complexity index is 744. The Hall–Kier alpha value is -1.72. The van der Waals surface area contributed by atoms with E-state index < -0.39 is 24.6 Å². The molecular formula is C16H23BCl2N2O7. The van der Waals surface area contributed by atoms with Crippen molar-refractivity contribution in [1.82, 2.24) is 4.90 Å². The van der Waals surface area contributed by atoms with Gasteiger partial charge in [0.05, 0.1) is 0 Å². The van der Waals surface area contributed by atoms with E-state index in [4.69, 9.17) is 20.2 Å². The number of halogens is 2. The number of carbonyl (C=O) groups is 2. The molecule has 1 aromatic rings. The number of aliphatic carboxylic acids is 1. The molecule has 9 nitrogen and oxygen atoms in total. The minimum absolute atomic E-state index is 0. The number of rotatable bonds is 6. The summed E-state index contributed by atoms with van der Waals surface area (Å²) in [6.45, 7) is 2.51. The number of aryl methyl sites for hydroxylation is 1. The smallest absolute Gasteiger partial charge is 0.522 e. The van der Waals surface area contributed by atoms with Crippen molar-refractivity contribution in [1.29, 1.82) is 0 Å². The van der Waals surface area contributed by atoms with Crippen molar-refractivity contribution in [3.05, 3.63) is 23.3 Å². The summed E-state index contributed by atoms with van der Waals surface area (Å²) in [5.41, 5.74) is 4.98. The maximum absolute atomic E-state index is 11.7. The van der Waals surface area contributed by atoms with Gasteiger partial charge in [-0.2, -0.15) is 0 Å². The molecule has 0 aromatic heterocycles. The van der Waals surface area contributed by atoms with Crippen LogP contribution in [0.15, 0.2) is 12.1 Å². The van der Waals surface area contributed by atoms with E-state index in [0.717, 1.165) is 5.56 Å². The number of ether oxygens (including phenoxy) is 1. The van der Waals surface area contributed by atoms with Gasteiger partial charge in [-0.1, -0.05) is 6.07 Å². The van der Waals surface area contributed by atoms with Gasteiger partial charge in [-0.15, -0.1) is 24.8 Å². The average Bonchev–Trinajstić information content (AvgIpc) is 2.51. The monoisotopic (exact) mass is 436 g/mol. The van der Waals surface area contributed by atoms with Crippen LogP contribution in [0.3, 0.4) is 0 Å². The zero-order valence-corrected chi connectivity index (χ0v) is 16.8. The van der Waals surface area contributed by atoms with Gasteiger partial charge in [-0.25, -0.2) is 4.79 Å².